The van der Waals surface area contributed by atoms with E-state index >= 15 is 0 Å². The summed E-state index contributed by atoms with van der Waals surface area (Å²) in [6.07, 6.45) is 1.43. The number of amides is 1. The van der Waals surface area contributed by atoms with E-state index in [1.165, 1.54) is 0 Å². The van der Waals surface area contributed by atoms with Crippen LogP contribution in [-0.2, 0) is 4.79 Å². The molecule has 17 heavy (non-hydrogen) atoms. The van der Waals surface area contributed by atoms with Gasteiger partial charge in [0.2, 0.25) is 5.91 Å². The highest BCUT2D eigenvalue weighted by molar-refractivity contribution is 5.91. The molecule has 0 aromatic heterocycles. The van der Waals surface area contributed by atoms with Crippen molar-refractivity contribution >= 4 is 17.3 Å². The molecule has 1 rings (SSSR count). The summed E-state index contributed by atoms with van der Waals surface area (Å²) >= 11 is 0. The Bertz CT molecular complexity index is 405. The molecule has 3 heteroatoms. The van der Waals surface area contributed by atoms with Crippen molar-refractivity contribution in [2.75, 3.05) is 11.1 Å². The van der Waals surface area contributed by atoms with Crippen molar-refractivity contribution in [3.8, 4) is 0 Å². The maximum Gasteiger partial charge on any atom is 0.224 e. The van der Waals surface area contributed by atoms with Crippen LogP contribution in [0.5, 0.6) is 0 Å². The first kappa shape index (κ1) is 13.6. The van der Waals surface area contributed by atoms with E-state index in [1.807, 2.05) is 25.1 Å². The molecule has 0 saturated heterocycles. The highest BCUT2D eigenvalue weighted by Gasteiger charge is 2.12. The van der Waals surface area contributed by atoms with E-state index in [0.29, 0.717) is 6.42 Å². The molecule has 1 aromatic carbocycles. The van der Waals surface area contributed by atoms with Crippen LogP contribution in [0, 0.1) is 12.3 Å². The molecular weight excluding hydrogens is 212 g/mol. The van der Waals surface area contributed by atoms with Gasteiger partial charge in [-0.3, -0.25) is 4.79 Å². The zero-order valence-corrected chi connectivity index (χ0v) is 11.1. The number of nitrogen functional groups attached to an aromatic ring is 1. The lowest BCUT2D eigenvalue weighted by Gasteiger charge is -2.17. The largest absolute Gasteiger partial charge is 0.399 e. The molecule has 0 fully saturated rings. The minimum atomic E-state index is 0.0593. The fourth-order valence-corrected chi connectivity index (χ4v) is 1.47. The molecule has 94 valence electrons. The van der Waals surface area contributed by atoms with Crippen LogP contribution in [0.15, 0.2) is 18.2 Å². The summed E-state index contributed by atoms with van der Waals surface area (Å²) in [5.41, 5.74) is 8.46. The predicted molar refractivity (Wildman–Crippen MR) is 72.9 cm³/mol. The van der Waals surface area contributed by atoms with E-state index in [9.17, 15) is 4.79 Å². The van der Waals surface area contributed by atoms with E-state index in [1.54, 1.807) is 0 Å². The van der Waals surface area contributed by atoms with Crippen LogP contribution in [0.25, 0.3) is 0 Å². The summed E-state index contributed by atoms with van der Waals surface area (Å²) in [6.45, 7) is 8.33. The van der Waals surface area contributed by atoms with Gasteiger partial charge in [-0.05, 0) is 42.5 Å². The second-order valence-corrected chi connectivity index (χ2v) is 5.68. The number of hydrogen-bond acceptors (Lipinski definition) is 2. The highest BCUT2D eigenvalue weighted by atomic mass is 16.1. The first-order chi connectivity index (χ1) is 7.78. The number of carbonyl (C=O) groups is 1. The lowest BCUT2D eigenvalue weighted by Crippen LogP contribution is -2.15. The molecule has 1 amide bonds. The first-order valence-electron chi connectivity index (χ1n) is 5.94. The molecule has 0 aliphatic rings. The molecule has 3 N–H and O–H groups in total. The van der Waals surface area contributed by atoms with E-state index in [0.717, 1.165) is 23.4 Å². The summed E-state index contributed by atoms with van der Waals surface area (Å²) in [5, 5.41) is 2.89. The summed E-state index contributed by atoms with van der Waals surface area (Å²) in [7, 11) is 0. The van der Waals surface area contributed by atoms with Crippen molar-refractivity contribution in [3.63, 3.8) is 0 Å². The van der Waals surface area contributed by atoms with Crippen molar-refractivity contribution in [1.82, 2.24) is 0 Å². The van der Waals surface area contributed by atoms with Crippen LogP contribution in [0.1, 0.15) is 39.2 Å². The number of carbonyl (C=O) groups excluding carboxylic acids is 1. The summed E-state index contributed by atoms with van der Waals surface area (Å²) in [6, 6.07) is 5.54. The lowest BCUT2D eigenvalue weighted by molar-refractivity contribution is -0.116. The zero-order valence-electron chi connectivity index (χ0n) is 11.1. The Kier molecular flexibility index (Phi) is 4.16. The van der Waals surface area contributed by atoms with Gasteiger partial charge >= 0.3 is 0 Å². The Hall–Kier alpha value is -1.51. The molecule has 0 atom stereocenters. The predicted octanol–water partition coefficient (Wildman–Crippen LogP) is 3.34. The zero-order chi connectivity index (χ0) is 13.1. The Morgan fingerprint density at radius 1 is 1.35 bits per heavy atom. The minimum absolute atomic E-state index is 0.0593. The summed E-state index contributed by atoms with van der Waals surface area (Å²) in [4.78, 5) is 11.7. The average molecular weight is 234 g/mol. The van der Waals surface area contributed by atoms with Gasteiger partial charge in [0.25, 0.3) is 0 Å². The smallest absolute Gasteiger partial charge is 0.224 e. The maximum atomic E-state index is 11.7. The molecule has 0 saturated carbocycles. The van der Waals surface area contributed by atoms with Crippen LogP contribution >= 0.6 is 0 Å². The summed E-state index contributed by atoms with van der Waals surface area (Å²) in [5.74, 6) is 0.0593. The highest BCUT2D eigenvalue weighted by Crippen LogP contribution is 2.21. The first-order valence-corrected chi connectivity index (χ1v) is 5.94. The molecule has 0 bridgehead atoms. The van der Waals surface area contributed by atoms with Crippen LogP contribution in [0.2, 0.25) is 0 Å². The molecule has 0 spiro atoms. The second kappa shape index (κ2) is 5.21. The Balaban J connectivity index is 2.54. The van der Waals surface area contributed by atoms with Gasteiger partial charge in [-0.25, -0.2) is 0 Å². The van der Waals surface area contributed by atoms with Gasteiger partial charge in [0.15, 0.2) is 0 Å². The normalized spacial score (nSPS) is 11.3. The Morgan fingerprint density at radius 2 is 2.00 bits per heavy atom. The quantitative estimate of drug-likeness (QED) is 0.788. The monoisotopic (exact) mass is 234 g/mol. The third kappa shape index (κ3) is 4.89. The van der Waals surface area contributed by atoms with Crippen molar-refractivity contribution in [3.05, 3.63) is 23.8 Å². The van der Waals surface area contributed by atoms with Crippen molar-refractivity contribution in [2.45, 2.75) is 40.5 Å². The van der Waals surface area contributed by atoms with Crippen molar-refractivity contribution < 1.29 is 4.79 Å². The van der Waals surface area contributed by atoms with Gasteiger partial charge in [-0.15, -0.1) is 0 Å². The van der Waals surface area contributed by atoms with Gasteiger partial charge in [0.1, 0.15) is 0 Å². The molecule has 0 heterocycles. The third-order valence-electron chi connectivity index (χ3n) is 2.66. The minimum Gasteiger partial charge on any atom is -0.399 e. The average Bonchev–Trinajstić information content (AvgIpc) is 2.20. The number of nitrogens with two attached hydrogens (primary N) is 1. The number of nitrogens with one attached hydrogen (secondary N) is 1. The number of anilines is 2. The fourth-order valence-electron chi connectivity index (χ4n) is 1.47. The molecule has 0 aliphatic heterocycles. The van der Waals surface area contributed by atoms with E-state index in [-0.39, 0.29) is 11.3 Å². The van der Waals surface area contributed by atoms with E-state index in [4.69, 9.17) is 5.73 Å². The number of hydrogen-bond donors (Lipinski definition) is 2. The van der Waals surface area contributed by atoms with E-state index in [2.05, 4.69) is 26.1 Å². The van der Waals surface area contributed by atoms with Gasteiger partial charge in [-0.1, -0.05) is 20.8 Å². The molecule has 0 aliphatic carbocycles. The van der Waals surface area contributed by atoms with Gasteiger partial charge in [0, 0.05) is 17.8 Å². The number of benzene rings is 1. The maximum absolute atomic E-state index is 11.7. The van der Waals surface area contributed by atoms with Gasteiger partial charge < -0.3 is 11.1 Å². The SMILES string of the molecule is Cc1cc(NC(=O)CCC(C)(C)C)ccc1N. The van der Waals surface area contributed by atoms with Crippen molar-refractivity contribution in [1.29, 1.82) is 0 Å². The fraction of sp³-hybridized carbons (Fsp3) is 0.500. The molecule has 0 unspecified atom stereocenters. The summed E-state index contributed by atoms with van der Waals surface area (Å²) < 4.78 is 0. The number of rotatable bonds is 3. The molecule has 1 aromatic rings. The topological polar surface area (TPSA) is 55.1 Å². The standard InChI is InChI=1S/C14H22N2O/c1-10-9-11(5-6-12(10)15)16-13(17)7-8-14(2,3)4/h5-6,9H,7-8,15H2,1-4H3,(H,16,17). The molecule has 3 nitrogen and oxygen atoms in total. The lowest BCUT2D eigenvalue weighted by atomic mass is 9.90. The van der Waals surface area contributed by atoms with Crippen molar-refractivity contribution in [2.24, 2.45) is 5.41 Å². The van der Waals surface area contributed by atoms with Crippen LogP contribution in [-0.4, -0.2) is 5.91 Å². The third-order valence-corrected chi connectivity index (χ3v) is 2.66. The van der Waals surface area contributed by atoms with Crippen LogP contribution in [0.4, 0.5) is 11.4 Å². The second-order valence-electron chi connectivity index (χ2n) is 5.68. The van der Waals surface area contributed by atoms with E-state index < -0.39 is 0 Å². The van der Waals surface area contributed by atoms with Crippen LogP contribution in [0.3, 0.4) is 0 Å². The molecular formula is C14H22N2O. The number of aryl methyl sites for hydroxylation is 1. The Morgan fingerprint density at radius 3 is 2.53 bits per heavy atom. The van der Waals surface area contributed by atoms with Crippen LogP contribution < -0.4 is 11.1 Å². The van der Waals surface area contributed by atoms with Gasteiger partial charge in [0.05, 0.1) is 0 Å². The van der Waals surface area contributed by atoms with Gasteiger partial charge in [-0.2, -0.15) is 0 Å². The Labute approximate surface area is 103 Å². The molecule has 0 radical (unpaired) electrons.